The fourth-order valence-corrected chi connectivity index (χ4v) is 1.74. The van der Waals surface area contributed by atoms with E-state index in [0.29, 0.717) is 23.4 Å². The molecule has 0 fully saturated rings. The monoisotopic (exact) mass is 290 g/mol. The lowest BCUT2D eigenvalue weighted by atomic mass is 10.4. The summed E-state index contributed by atoms with van der Waals surface area (Å²) in [5.74, 6) is 2.45. The molecule has 2 N–H and O–H groups in total. The van der Waals surface area contributed by atoms with Gasteiger partial charge in [0.2, 0.25) is 5.96 Å². The second-order valence-corrected chi connectivity index (χ2v) is 4.33. The normalized spacial score (nSPS) is 9.82. The first-order chi connectivity index (χ1) is 10.9. The van der Waals surface area contributed by atoms with Crippen molar-refractivity contribution in [2.45, 2.75) is 0 Å². The highest BCUT2D eigenvalue weighted by Gasteiger charge is 2.03. The van der Waals surface area contributed by atoms with Crippen LogP contribution in [-0.2, 0) is 0 Å². The van der Waals surface area contributed by atoms with E-state index < -0.39 is 0 Å². The van der Waals surface area contributed by atoms with Gasteiger partial charge in [0.05, 0.1) is 0 Å². The van der Waals surface area contributed by atoms with Crippen LogP contribution in [0.25, 0.3) is 0 Å². The van der Waals surface area contributed by atoms with E-state index in [1.54, 1.807) is 18.6 Å². The van der Waals surface area contributed by atoms with Gasteiger partial charge in [-0.25, -0.2) is 15.0 Å². The Labute approximate surface area is 128 Å². The zero-order chi connectivity index (χ0) is 15.0. The van der Waals surface area contributed by atoms with Gasteiger partial charge in [0.1, 0.15) is 11.6 Å². The van der Waals surface area contributed by atoms with Gasteiger partial charge in [-0.1, -0.05) is 18.2 Å². The smallest absolute Gasteiger partial charge is 0.209 e. The highest BCUT2D eigenvalue weighted by molar-refractivity contribution is 6.03. The number of nitrogens with one attached hydrogen (secondary N) is 2. The predicted molar refractivity (Wildman–Crippen MR) is 87.1 cm³/mol. The van der Waals surface area contributed by atoms with Crippen LogP contribution >= 0.6 is 0 Å². The van der Waals surface area contributed by atoms with Crippen molar-refractivity contribution < 1.29 is 0 Å². The molecular formula is C16H14N6. The van der Waals surface area contributed by atoms with Crippen LogP contribution in [0.4, 0.5) is 17.5 Å². The number of hydrogen-bond acceptors (Lipinski definition) is 4. The lowest BCUT2D eigenvalue weighted by Crippen LogP contribution is -2.23. The molecule has 108 valence electrons. The van der Waals surface area contributed by atoms with Crippen LogP contribution in [0.1, 0.15) is 0 Å². The van der Waals surface area contributed by atoms with Crippen LogP contribution in [0.15, 0.2) is 78.2 Å². The number of aliphatic imine (C=N–C) groups is 1. The molecule has 3 rings (SSSR count). The first kappa shape index (κ1) is 13.7. The number of rotatable bonds is 3. The van der Waals surface area contributed by atoms with E-state index >= 15 is 0 Å². The van der Waals surface area contributed by atoms with Crippen molar-refractivity contribution in [2.75, 3.05) is 10.6 Å². The Morgan fingerprint density at radius 3 is 1.68 bits per heavy atom. The van der Waals surface area contributed by atoms with Gasteiger partial charge in [-0.15, -0.1) is 0 Å². The first-order valence-corrected chi connectivity index (χ1v) is 6.76. The number of anilines is 2. The molecule has 0 saturated carbocycles. The summed E-state index contributed by atoms with van der Waals surface area (Å²) in [6.45, 7) is 0. The van der Waals surface area contributed by atoms with Gasteiger partial charge in [0.15, 0.2) is 5.82 Å². The fourth-order valence-electron chi connectivity index (χ4n) is 1.74. The first-order valence-electron chi connectivity index (χ1n) is 6.76. The molecule has 0 unspecified atom stereocenters. The zero-order valence-electron chi connectivity index (χ0n) is 11.7. The predicted octanol–water partition coefficient (Wildman–Crippen LogP) is 3.08. The largest absolute Gasteiger partial charge is 0.310 e. The van der Waals surface area contributed by atoms with Crippen molar-refractivity contribution in [1.82, 2.24) is 15.0 Å². The standard InChI is InChI=1S/C16H14N6/c1-4-10-17-13(7-1)20-16(21-14-8-2-5-11-18-14)22-15-9-3-6-12-19-15/h1-12H,(H2,17,18,19,20,21,22). The summed E-state index contributed by atoms with van der Waals surface area (Å²) in [6.07, 6.45) is 5.11. The summed E-state index contributed by atoms with van der Waals surface area (Å²) in [7, 11) is 0. The van der Waals surface area contributed by atoms with Gasteiger partial charge in [-0.3, -0.25) is 0 Å². The lowest BCUT2D eigenvalue weighted by molar-refractivity contribution is 1.25. The summed E-state index contributed by atoms with van der Waals surface area (Å²) in [5.41, 5.74) is 0. The molecule has 3 aromatic rings. The second kappa shape index (κ2) is 6.94. The van der Waals surface area contributed by atoms with E-state index in [1.165, 1.54) is 0 Å². The van der Waals surface area contributed by atoms with Crippen molar-refractivity contribution in [3.05, 3.63) is 73.2 Å². The maximum absolute atomic E-state index is 4.45. The molecule has 6 nitrogen and oxygen atoms in total. The molecule has 3 aromatic heterocycles. The Kier molecular flexibility index (Phi) is 4.32. The fraction of sp³-hybridized carbons (Fsp3) is 0. The minimum absolute atomic E-state index is 0.496. The van der Waals surface area contributed by atoms with E-state index in [4.69, 9.17) is 0 Å². The number of aromatic nitrogens is 3. The Morgan fingerprint density at radius 2 is 1.23 bits per heavy atom. The van der Waals surface area contributed by atoms with E-state index in [1.807, 2.05) is 54.6 Å². The number of hydrogen-bond donors (Lipinski definition) is 2. The zero-order valence-corrected chi connectivity index (χ0v) is 11.7. The molecule has 0 bridgehead atoms. The molecule has 0 amide bonds. The summed E-state index contributed by atoms with van der Waals surface area (Å²) in [6, 6.07) is 16.8. The van der Waals surface area contributed by atoms with Gasteiger partial charge in [0.25, 0.3) is 0 Å². The molecule has 6 heteroatoms. The van der Waals surface area contributed by atoms with Crippen LogP contribution in [0, 0.1) is 0 Å². The molecule has 3 heterocycles. The summed E-state index contributed by atoms with van der Waals surface area (Å²) >= 11 is 0. The maximum Gasteiger partial charge on any atom is 0.209 e. The Hall–Kier alpha value is -3.28. The van der Waals surface area contributed by atoms with Crippen LogP contribution in [-0.4, -0.2) is 20.9 Å². The average molecular weight is 290 g/mol. The van der Waals surface area contributed by atoms with Crippen molar-refractivity contribution >= 4 is 23.4 Å². The topological polar surface area (TPSA) is 75.1 Å². The number of nitrogens with zero attached hydrogens (tertiary/aromatic N) is 4. The maximum atomic E-state index is 4.45. The van der Waals surface area contributed by atoms with Gasteiger partial charge in [0, 0.05) is 18.6 Å². The molecule has 22 heavy (non-hydrogen) atoms. The van der Waals surface area contributed by atoms with Crippen molar-refractivity contribution in [2.24, 2.45) is 4.99 Å². The highest BCUT2D eigenvalue weighted by atomic mass is 15.2. The average Bonchev–Trinajstić information content (AvgIpc) is 2.57. The summed E-state index contributed by atoms with van der Waals surface area (Å²) in [4.78, 5) is 17.1. The van der Waals surface area contributed by atoms with E-state index in [2.05, 4.69) is 30.6 Å². The van der Waals surface area contributed by atoms with E-state index in [9.17, 15) is 0 Å². The molecule has 0 aliphatic carbocycles. The molecule has 0 aliphatic heterocycles. The third-order valence-corrected chi connectivity index (χ3v) is 2.70. The second-order valence-electron chi connectivity index (χ2n) is 4.33. The molecule has 0 aromatic carbocycles. The Bertz CT molecular complexity index is 685. The van der Waals surface area contributed by atoms with Crippen LogP contribution in [0.3, 0.4) is 0 Å². The van der Waals surface area contributed by atoms with Crippen molar-refractivity contribution in [1.29, 1.82) is 0 Å². The van der Waals surface area contributed by atoms with Gasteiger partial charge < -0.3 is 10.6 Å². The quantitative estimate of drug-likeness (QED) is 0.572. The summed E-state index contributed by atoms with van der Waals surface area (Å²) in [5, 5.41) is 6.25. The SMILES string of the molecule is c1ccc(N=C(Nc2ccccn2)Nc2ccccn2)nc1. The number of pyridine rings is 3. The number of guanidine groups is 1. The van der Waals surface area contributed by atoms with Gasteiger partial charge in [-0.2, -0.15) is 4.99 Å². The van der Waals surface area contributed by atoms with Gasteiger partial charge in [-0.05, 0) is 36.4 Å². The molecule has 0 radical (unpaired) electrons. The summed E-state index contributed by atoms with van der Waals surface area (Å²) < 4.78 is 0. The molecule has 0 saturated heterocycles. The molecule has 0 aliphatic rings. The molecule has 0 spiro atoms. The van der Waals surface area contributed by atoms with Crippen LogP contribution < -0.4 is 10.6 Å². The third-order valence-electron chi connectivity index (χ3n) is 2.70. The Morgan fingerprint density at radius 1 is 0.682 bits per heavy atom. The van der Waals surface area contributed by atoms with E-state index in [-0.39, 0.29) is 0 Å². The van der Waals surface area contributed by atoms with Gasteiger partial charge >= 0.3 is 0 Å². The van der Waals surface area contributed by atoms with Crippen LogP contribution in [0.5, 0.6) is 0 Å². The molecular weight excluding hydrogens is 276 g/mol. The lowest BCUT2D eigenvalue weighted by Gasteiger charge is -2.10. The molecule has 0 atom stereocenters. The minimum atomic E-state index is 0.496. The van der Waals surface area contributed by atoms with Crippen molar-refractivity contribution in [3.8, 4) is 0 Å². The Balaban J connectivity index is 1.86. The minimum Gasteiger partial charge on any atom is -0.310 e. The van der Waals surface area contributed by atoms with Crippen LogP contribution in [0.2, 0.25) is 0 Å². The highest BCUT2D eigenvalue weighted by Crippen LogP contribution is 2.09. The van der Waals surface area contributed by atoms with Crippen molar-refractivity contribution in [3.63, 3.8) is 0 Å². The third kappa shape index (κ3) is 3.86. The van der Waals surface area contributed by atoms with E-state index in [0.717, 1.165) is 0 Å².